The maximum Gasteiger partial charge on any atom is 0.410 e. The number of rotatable bonds is 3. The van der Waals surface area contributed by atoms with Gasteiger partial charge >= 0.3 is 6.09 Å². The molecule has 2 heterocycles. The Morgan fingerprint density at radius 3 is 2.46 bits per heavy atom. The van der Waals surface area contributed by atoms with E-state index in [1.807, 2.05) is 56.6 Å². The molecule has 154 valence electrons. The Balaban J connectivity index is 1.79. The number of carbonyl (C=O) groups is 2. The maximum atomic E-state index is 12.8. The summed E-state index contributed by atoms with van der Waals surface area (Å²) >= 11 is 0. The molecule has 0 saturated carbocycles. The number of amides is 2. The first-order valence-corrected chi connectivity index (χ1v) is 10.3. The molecule has 0 aliphatic carbocycles. The lowest BCUT2D eigenvalue weighted by Gasteiger charge is -2.44. The van der Waals surface area contributed by atoms with Crippen LogP contribution in [0.2, 0.25) is 0 Å². The number of nitrogens with zero attached hydrogens (tertiary/aromatic N) is 3. The molecular weight excluding hydrogens is 354 g/mol. The largest absolute Gasteiger partial charge is 0.444 e. The molecule has 1 aromatic rings. The number of hydrogen-bond acceptors (Lipinski definition) is 4. The van der Waals surface area contributed by atoms with Crippen LogP contribution in [0.25, 0.3) is 0 Å². The number of hydrogen-bond donors (Lipinski definition) is 0. The highest BCUT2D eigenvalue weighted by atomic mass is 16.6. The smallest absolute Gasteiger partial charge is 0.410 e. The van der Waals surface area contributed by atoms with Gasteiger partial charge in [-0.25, -0.2) is 4.79 Å². The topological polar surface area (TPSA) is 53.1 Å². The van der Waals surface area contributed by atoms with Crippen LogP contribution in [0.5, 0.6) is 0 Å². The van der Waals surface area contributed by atoms with Gasteiger partial charge in [0.25, 0.3) is 5.91 Å². The fourth-order valence-corrected chi connectivity index (χ4v) is 4.31. The quantitative estimate of drug-likeness (QED) is 0.796. The molecule has 6 nitrogen and oxygen atoms in total. The van der Waals surface area contributed by atoms with Gasteiger partial charge in [-0.1, -0.05) is 6.07 Å². The van der Waals surface area contributed by atoms with Gasteiger partial charge in [0.05, 0.1) is 6.04 Å². The fraction of sp³-hybridized carbons (Fsp3) is 0.636. The van der Waals surface area contributed by atoms with Gasteiger partial charge in [0.15, 0.2) is 0 Å². The molecule has 2 aliphatic rings. The van der Waals surface area contributed by atoms with Crippen molar-refractivity contribution < 1.29 is 14.3 Å². The molecule has 0 bridgehead atoms. The van der Waals surface area contributed by atoms with Crippen molar-refractivity contribution in [3.63, 3.8) is 0 Å². The van der Waals surface area contributed by atoms with E-state index in [0.29, 0.717) is 26.2 Å². The molecule has 3 rings (SSSR count). The summed E-state index contributed by atoms with van der Waals surface area (Å²) in [6.07, 6.45) is 0.644. The lowest BCUT2D eigenvalue weighted by atomic mass is 10.1. The van der Waals surface area contributed by atoms with Crippen molar-refractivity contribution in [2.75, 3.05) is 31.1 Å². The highest BCUT2D eigenvalue weighted by Crippen LogP contribution is 2.37. The third-order valence-electron chi connectivity index (χ3n) is 5.55. The first-order valence-electron chi connectivity index (χ1n) is 10.3. The summed E-state index contributed by atoms with van der Waals surface area (Å²) in [6, 6.07) is 6.45. The van der Waals surface area contributed by atoms with Crippen LogP contribution >= 0.6 is 0 Å². The number of fused-ring (bicyclic) bond motifs is 3. The summed E-state index contributed by atoms with van der Waals surface area (Å²) in [7, 11) is 0. The summed E-state index contributed by atoms with van der Waals surface area (Å²) in [5, 5.41) is 0. The average molecular weight is 388 g/mol. The lowest BCUT2D eigenvalue weighted by Crippen LogP contribution is -2.58. The minimum absolute atomic E-state index is 0.0799. The fourth-order valence-electron chi connectivity index (χ4n) is 4.31. The molecule has 2 amide bonds. The third kappa shape index (κ3) is 3.96. The van der Waals surface area contributed by atoms with Crippen molar-refractivity contribution >= 4 is 17.7 Å². The van der Waals surface area contributed by atoms with Crippen molar-refractivity contribution in [1.29, 1.82) is 0 Å². The van der Waals surface area contributed by atoms with E-state index < -0.39 is 5.60 Å². The number of anilines is 1. The van der Waals surface area contributed by atoms with E-state index in [1.54, 1.807) is 0 Å². The van der Waals surface area contributed by atoms with Crippen molar-refractivity contribution in [3.8, 4) is 0 Å². The Hall–Kier alpha value is -2.24. The first-order chi connectivity index (χ1) is 13.1. The predicted octanol–water partition coefficient (Wildman–Crippen LogP) is 3.54. The van der Waals surface area contributed by atoms with Crippen LogP contribution in [0.4, 0.5) is 10.5 Å². The Kier molecular flexibility index (Phi) is 5.60. The second-order valence-corrected chi connectivity index (χ2v) is 8.82. The number of piperazine rings is 1. The monoisotopic (exact) mass is 387 g/mol. The zero-order valence-electron chi connectivity index (χ0n) is 18.0. The van der Waals surface area contributed by atoms with Crippen molar-refractivity contribution in [1.82, 2.24) is 9.80 Å². The van der Waals surface area contributed by atoms with Crippen LogP contribution in [-0.4, -0.2) is 65.7 Å². The summed E-state index contributed by atoms with van der Waals surface area (Å²) in [6.45, 7) is 14.5. The second-order valence-electron chi connectivity index (χ2n) is 8.82. The first kappa shape index (κ1) is 20.5. The van der Waals surface area contributed by atoms with Gasteiger partial charge in [-0.15, -0.1) is 0 Å². The SMILES string of the molecule is CCN(CC)C(=O)c1ccc2c(c1)N1[C@H](C2)CN(C(=O)OC(C)(C)C)C[C@H]1C. The van der Waals surface area contributed by atoms with E-state index in [2.05, 4.69) is 17.9 Å². The summed E-state index contributed by atoms with van der Waals surface area (Å²) in [5.41, 5.74) is 2.64. The van der Waals surface area contributed by atoms with Crippen LogP contribution in [-0.2, 0) is 11.2 Å². The van der Waals surface area contributed by atoms with Gasteiger partial charge in [-0.2, -0.15) is 0 Å². The van der Waals surface area contributed by atoms with E-state index in [4.69, 9.17) is 4.74 Å². The van der Waals surface area contributed by atoms with Gasteiger partial charge in [0.2, 0.25) is 0 Å². The zero-order chi connectivity index (χ0) is 20.6. The molecule has 1 aromatic carbocycles. The minimum Gasteiger partial charge on any atom is -0.444 e. The number of ether oxygens (including phenoxy) is 1. The molecule has 0 N–H and O–H groups in total. The highest BCUT2D eigenvalue weighted by molar-refractivity contribution is 5.95. The summed E-state index contributed by atoms with van der Waals surface area (Å²) in [5.74, 6) is 0.0799. The minimum atomic E-state index is -0.490. The van der Waals surface area contributed by atoms with Crippen LogP contribution in [0.15, 0.2) is 18.2 Å². The van der Waals surface area contributed by atoms with Crippen LogP contribution in [0.3, 0.4) is 0 Å². The molecule has 0 spiro atoms. The van der Waals surface area contributed by atoms with E-state index >= 15 is 0 Å². The van der Waals surface area contributed by atoms with Crippen LogP contribution in [0.1, 0.15) is 57.5 Å². The zero-order valence-corrected chi connectivity index (χ0v) is 18.0. The van der Waals surface area contributed by atoms with Gasteiger partial charge < -0.3 is 19.4 Å². The van der Waals surface area contributed by atoms with E-state index in [-0.39, 0.29) is 24.1 Å². The van der Waals surface area contributed by atoms with Crippen molar-refractivity contribution in [2.24, 2.45) is 0 Å². The molecule has 0 radical (unpaired) electrons. The maximum absolute atomic E-state index is 12.8. The summed E-state index contributed by atoms with van der Waals surface area (Å²) in [4.78, 5) is 31.4. The molecular formula is C22H33N3O3. The van der Waals surface area contributed by atoms with Crippen LogP contribution in [0, 0.1) is 0 Å². The van der Waals surface area contributed by atoms with E-state index in [1.165, 1.54) is 5.56 Å². The Bertz CT molecular complexity index is 752. The molecule has 0 unspecified atom stereocenters. The molecule has 1 fully saturated rings. The summed E-state index contributed by atoms with van der Waals surface area (Å²) < 4.78 is 5.57. The molecule has 2 atom stereocenters. The Morgan fingerprint density at radius 1 is 1.18 bits per heavy atom. The Morgan fingerprint density at radius 2 is 1.86 bits per heavy atom. The average Bonchev–Trinajstić information content (AvgIpc) is 2.99. The molecule has 1 saturated heterocycles. The highest BCUT2D eigenvalue weighted by Gasteiger charge is 2.40. The van der Waals surface area contributed by atoms with Crippen molar-refractivity contribution in [3.05, 3.63) is 29.3 Å². The third-order valence-corrected chi connectivity index (χ3v) is 5.55. The second kappa shape index (κ2) is 7.64. The van der Waals surface area contributed by atoms with Crippen LogP contribution < -0.4 is 4.90 Å². The number of benzene rings is 1. The number of carbonyl (C=O) groups excluding carboxylic acids is 2. The van der Waals surface area contributed by atoms with E-state index in [9.17, 15) is 9.59 Å². The molecule has 6 heteroatoms. The lowest BCUT2D eigenvalue weighted by molar-refractivity contribution is 0.0192. The predicted molar refractivity (Wildman–Crippen MR) is 111 cm³/mol. The van der Waals surface area contributed by atoms with Crippen molar-refractivity contribution in [2.45, 2.75) is 65.6 Å². The van der Waals surface area contributed by atoms with Gasteiger partial charge in [0.1, 0.15) is 5.60 Å². The molecule has 28 heavy (non-hydrogen) atoms. The van der Waals surface area contributed by atoms with Gasteiger partial charge in [0, 0.05) is 43.5 Å². The molecule has 2 aliphatic heterocycles. The Labute approximate surface area is 168 Å². The molecule has 0 aromatic heterocycles. The normalized spacial score (nSPS) is 21.2. The van der Waals surface area contributed by atoms with Gasteiger partial charge in [-0.05, 0) is 65.7 Å². The van der Waals surface area contributed by atoms with Gasteiger partial charge in [-0.3, -0.25) is 4.79 Å². The van der Waals surface area contributed by atoms with E-state index in [0.717, 1.165) is 17.7 Å². The standard InChI is InChI=1S/C22H33N3O3/c1-7-23(8-2)20(26)17-10-9-16-11-18-14-24(21(27)28-22(4,5)6)13-15(3)25(18)19(16)12-17/h9-10,12,15,18H,7-8,11,13-14H2,1-6H3/t15-,18-/m1/s1.